The van der Waals surface area contributed by atoms with E-state index in [0.717, 1.165) is 44.3 Å². The van der Waals surface area contributed by atoms with E-state index in [1.54, 1.807) is 0 Å². The molecule has 5 nitrogen and oxygen atoms in total. The topological polar surface area (TPSA) is 64.6 Å². The van der Waals surface area contributed by atoms with Crippen LogP contribution in [-0.4, -0.2) is 47.8 Å². The van der Waals surface area contributed by atoms with Crippen LogP contribution in [0, 0.1) is 0 Å². The van der Waals surface area contributed by atoms with Gasteiger partial charge in [-0.05, 0) is 62.9 Å². The van der Waals surface area contributed by atoms with Crippen molar-refractivity contribution in [2.24, 2.45) is 0 Å². The molecule has 2 aliphatic rings. The molecule has 3 N–H and O–H groups in total. The number of hydrogen-bond acceptors (Lipinski definition) is 3. The molecule has 1 saturated carbocycles. The molecule has 2 fully saturated rings. The Morgan fingerprint density at radius 3 is 2.62 bits per heavy atom. The van der Waals surface area contributed by atoms with Crippen molar-refractivity contribution in [3.05, 3.63) is 29.8 Å². The predicted octanol–water partition coefficient (Wildman–Crippen LogP) is 2.75. The molecule has 0 bridgehead atoms. The van der Waals surface area contributed by atoms with Crippen LogP contribution in [0.5, 0.6) is 0 Å². The van der Waals surface area contributed by atoms with Crippen molar-refractivity contribution < 1.29 is 9.90 Å². The molecule has 0 radical (unpaired) electrons. The van der Waals surface area contributed by atoms with Gasteiger partial charge in [0.1, 0.15) is 0 Å². The fraction of sp³-hybridized carbons (Fsp3) is 0.632. The van der Waals surface area contributed by atoms with E-state index in [1.165, 1.54) is 31.5 Å². The Kier molecular flexibility index (Phi) is 5.74. The van der Waals surface area contributed by atoms with E-state index in [-0.39, 0.29) is 12.6 Å². The lowest BCUT2D eigenvalue weighted by molar-refractivity contribution is 0.167. The Labute approximate surface area is 144 Å². The summed E-state index contributed by atoms with van der Waals surface area (Å²) >= 11 is 0. The average Bonchev–Trinajstić information content (AvgIpc) is 3.25. The highest BCUT2D eigenvalue weighted by atomic mass is 16.3. The third kappa shape index (κ3) is 4.48. The minimum absolute atomic E-state index is 0.0102. The Morgan fingerprint density at radius 1 is 1.17 bits per heavy atom. The van der Waals surface area contributed by atoms with Crippen LogP contribution in [0.1, 0.15) is 44.1 Å². The first kappa shape index (κ1) is 17.2. The summed E-state index contributed by atoms with van der Waals surface area (Å²) in [5, 5.41) is 15.5. The molecule has 1 aromatic carbocycles. The van der Waals surface area contributed by atoms with E-state index in [4.69, 9.17) is 0 Å². The minimum atomic E-state index is -0.433. The minimum Gasteiger partial charge on any atom is -0.394 e. The van der Waals surface area contributed by atoms with Gasteiger partial charge in [-0.1, -0.05) is 25.0 Å². The second-order valence-electron chi connectivity index (χ2n) is 7.22. The predicted molar refractivity (Wildman–Crippen MR) is 96.3 cm³/mol. The fourth-order valence-corrected chi connectivity index (χ4v) is 3.88. The lowest BCUT2D eigenvalue weighted by Crippen LogP contribution is -2.50. The van der Waals surface area contributed by atoms with Gasteiger partial charge >= 0.3 is 6.03 Å². The molecule has 1 aromatic rings. The number of aliphatic hydroxyl groups excluding tert-OH is 1. The van der Waals surface area contributed by atoms with Gasteiger partial charge in [-0.3, -0.25) is 0 Å². The molecule has 0 spiro atoms. The summed E-state index contributed by atoms with van der Waals surface area (Å²) in [6, 6.07) is 7.86. The number of likely N-dealkylation sites (tertiary alicyclic amines) is 1. The van der Waals surface area contributed by atoms with E-state index in [0.29, 0.717) is 0 Å². The number of carbonyl (C=O) groups is 1. The van der Waals surface area contributed by atoms with E-state index in [2.05, 4.69) is 27.7 Å². The number of urea groups is 1. The summed E-state index contributed by atoms with van der Waals surface area (Å²) < 4.78 is 0. The van der Waals surface area contributed by atoms with E-state index >= 15 is 0 Å². The summed E-state index contributed by atoms with van der Waals surface area (Å²) in [6.45, 7) is 3.52. The van der Waals surface area contributed by atoms with Crippen LogP contribution in [0.4, 0.5) is 10.5 Å². The van der Waals surface area contributed by atoms with E-state index in [1.807, 2.05) is 12.1 Å². The smallest absolute Gasteiger partial charge is 0.319 e. The van der Waals surface area contributed by atoms with Crippen molar-refractivity contribution in [2.75, 3.05) is 31.6 Å². The van der Waals surface area contributed by atoms with Gasteiger partial charge < -0.3 is 20.6 Å². The molecular formula is C19H29N3O2. The molecule has 2 amide bonds. The van der Waals surface area contributed by atoms with Crippen LogP contribution < -0.4 is 10.6 Å². The highest BCUT2D eigenvalue weighted by molar-refractivity contribution is 5.89. The molecule has 24 heavy (non-hydrogen) atoms. The highest BCUT2D eigenvalue weighted by Crippen LogP contribution is 2.29. The molecule has 1 saturated heterocycles. The molecule has 132 valence electrons. The Hall–Kier alpha value is -1.59. The van der Waals surface area contributed by atoms with Crippen LogP contribution >= 0.6 is 0 Å². The average molecular weight is 331 g/mol. The molecular weight excluding hydrogens is 302 g/mol. The van der Waals surface area contributed by atoms with Gasteiger partial charge in [0.2, 0.25) is 0 Å². The van der Waals surface area contributed by atoms with Crippen LogP contribution in [0.15, 0.2) is 24.3 Å². The van der Waals surface area contributed by atoms with Crippen molar-refractivity contribution in [3.63, 3.8) is 0 Å². The number of aliphatic hydroxyl groups is 1. The zero-order valence-corrected chi connectivity index (χ0v) is 14.4. The summed E-state index contributed by atoms with van der Waals surface area (Å²) in [5.74, 6) is 0. The molecule has 0 atom stereocenters. The first-order valence-electron chi connectivity index (χ1n) is 9.20. The van der Waals surface area contributed by atoms with Crippen LogP contribution in [-0.2, 0) is 6.42 Å². The Bertz CT molecular complexity index is 549. The number of nitrogens with one attached hydrogen (secondary N) is 2. The Balaban J connectivity index is 1.52. The van der Waals surface area contributed by atoms with Crippen molar-refractivity contribution in [1.82, 2.24) is 10.2 Å². The number of benzene rings is 1. The summed E-state index contributed by atoms with van der Waals surface area (Å²) in [7, 11) is 0. The third-order valence-electron chi connectivity index (χ3n) is 5.34. The number of hydrogen-bond donors (Lipinski definition) is 3. The number of carbonyl (C=O) groups excluding carboxylic acids is 1. The van der Waals surface area contributed by atoms with E-state index in [9.17, 15) is 9.90 Å². The van der Waals surface area contributed by atoms with Crippen LogP contribution in [0.3, 0.4) is 0 Å². The van der Waals surface area contributed by atoms with Gasteiger partial charge in [0, 0.05) is 12.2 Å². The number of amides is 2. The number of anilines is 1. The lowest BCUT2D eigenvalue weighted by Gasteiger charge is -2.28. The summed E-state index contributed by atoms with van der Waals surface area (Å²) in [6.07, 6.45) is 7.47. The van der Waals surface area contributed by atoms with Crippen LogP contribution in [0.25, 0.3) is 0 Å². The lowest BCUT2D eigenvalue weighted by atomic mass is 9.99. The van der Waals surface area contributed by atoms with Gasteiger partial charge in [-0.2, -0.15) is 0 Å². The van der Waals surface area contributed by atoms with E-state index < -0.39 is 5.54 Å². The molecule has 1 heterocycles. The zero-order chi connectivity index (χ0) is 16.8. The van der Waals surface area contributed by atoms with Gasteiger partial charge in [0.15, 0.2) is 0 Å². The SMILES string of the molecule is O=C(Nc1cccc(CCN2CCCC2)c1)NC1(CO)CCCC1. The van der Waals surface area contributed by atoms with Crippen molar-refractivity contribution in [2.45, 2.75) is 50.5 Å². The molecule has 0 aromatic heterocycles. The van der Waals surface area contributed by atoms with Crippen molar-refractivity contribution >= 4 is 11.7 Å². The molecule has 0 unspecified atom stereocenters. The zero-order valence-electron chi connectivity index (χ0n) is 14.4. The maximum Gasteiger partial charge on any atom is 0.319 e. The molecule has 3 rings (SSSR count). The molecule has 5 heteroatoms. The normalized spacial score (nSPS) is 20.2. The number of rotatable bonds is 6. The largest absolute Gasteiger partial charge is 0.394 e. The van der Waals surface area contributed by atoms with Crippen LogP contribution in [0.2, 0.25) is 0 Å². The third-order valence-corrected chi connectivity index (χ3v) is 5.34. The maximum absolute atomic E-state index is 12.3. The maximum atomic E-state index is 12.3. The Morgan fingerprint density at radius 2 is 1.92 bits per heavy atom. The second kappa shape index (κ2) is 7.99. The van der Waals surface area contributed by atoms with Gasteiger partial charge in [0.25, 0.3) is 0 Å². The highest BCUT2D eigenvalue weighted by Gasteiger charge is 2.34. The standard InChI is InChI=1S/C19H29N3O2/c23-15-19(9-1-2-10-19)21-18(24)20-17-7-5-6-16(14-17)8-13-22-11-3-4-12-22/h5-7,14,23H,1-4,8-13,15H2,(H2,20,21,24). The first-order valence-corrected chi connectivity index (χ1v) is 9.20. The van der Waals surface area contributed by atoms with Gasteiger partial charge in [0.05, 0.1) is 12.1 Å². The first-order chi connectivity index (χ1) is 11.7. The summed E-state index contributed by atoms with van der Waals surface area (Å²) in [5.41, 5.74) is 1.63. The second-order valence-corrected chi connectivity index (χ2v) is 7.22. The van der Waals surface area contributed by atoms with Gasteiger partial charge in [-0.15, -0.1) is 0 Å². The summed E-state index contributed by atoms with van der Waals surface area (Å²) in [4.78, 5) is 14.8. The number of nitrogens with zero attached hydrogens (tertiary/aromatic N) is 1. The molecule has 1 aliphatic carbocycles. The molecule has 1 aliphatic heterocycles. The van der Waals surface area contributed by atoms with Crippen molar-refractivity contribution in [1.29, 1.82) is 0 Å². The van der Waals surface area contributed by atoms with Crippen molar-refractivity contribution in [3.8, 4) is 0 Å². The monoisotopic (exact) mass is 331 g/mol. The fourth-order valence-electron chi connectivity index (χ4n) is 3.88. The van der Waals surface area contributed by atoms with Gasteiger partial charge in [-0.25, -0.2) is 4.79 Å². The quantitative estimate of drug-likeness (QED) is 0.751.